The predicted molar refractivity (Wildman–Crippen MR) is 107 cm³/mol. The fourth-order valence-corrected chi connectivity index (χ4v) is 4.49. The largest absolute Gasteiger partial charge is 0.340 e. The highest BCUT2D eigenvalue weighted by Gasteiger charge is 2.46. The Hall–Kier alpha value is -1.68. The smallest absolute Gasteiger partial charge is 0.226 e. The number of nitrogens with zero attached hydrogens (tertiary/aromatic N) is 2. The molecule has 4 nitrogen and oxygen atoms in total. The minimum Gasteiger partial charge on any atom is -0.340 e. The van der Waals surface area contributed by atoms with Crippen LogP contribution in [0.25, 0.3) is 0 Å². The molecule has 1 aliphatic heterocycles. The zero-order valence-corrected chi connectivity index (χ0v) is 16.7. The van der Waals surface area contributed by atoms with E-state index in [9.17, 15) is 9.59 Å². The number of carbonyl (C=O) groups is 2. The van der Waals surface area contributed by atoms with Crippen LogP contribution in [0.1, 0.15) is 67.8 Å². The third kappa shape index (κ3) is 3.82. The standard InChI is InChI=1S/C23H32N2O2/c1-3-16(2)22(26)18-9-7-17(8-10-18)20-15-21(20)23(27)25-13-11-24(12-14-25)19-5-4-6-19/h7-10,16,19-21H,3-6,11-15H2,1-2H3. The van der Waals surface area contributed by atoms with Gasteiger partial charge in [-0.1, -0.05) is 44.5 Å². The van der Waals surface area contributed by atoms with Gasteiger partial charge in [0.15, 0.2) is 5.78 Å². The maximum atomic E-state index is 12.9. The van der Waals surface area contributed by atoms with Crippen molar-refractivity contribution in [2.75, 3.05) is 26.2 Å². The van der Waals surface area contributed by atoms with Gasteiger partial charge in [0.2, 0.25) is 5.91 Å². The second-order valence-corrected chi connectivity index (χ2v) is 8.69. The van der Waals surface area contributed by atoms with Crippen molar-refractivity contribution in [3.05, 3.63) is 35.4 Å². The lowest BCUT2D eigenvalue weighted by atomic mass is 9.91. The van der Waals surface area contributed by atoms with Gasteiger partial charge in [-0.15, -0.1) is 0 Å². The Morgan fingerprint density at radius 2 is 1.74 bits per heavy atom. The fourth-order valence-electron chi connectivity index (χ4n) is 4.49. The molecular weight excluding hydrogens is 336 g/mol. The summed E-state index contributed by atoms with van der Waals surface area (Å²) in [5.74, 6) is 1.13. The summed E-state index contributed by atoms with van der Waals surface area (Å²) in [6.07, 6.45) is 5.88. The molecular formula is C23H32N2O2. The highest BCUT2D eigenvalue weighted by Crippen LogP contribution is 2.48. The Morgan fingerprint density at radius 1 is 1.07 bits per heavy atom. The number of rotatable bonds is 6. The van der Waals surface area contributed by atoms with E-state index >= 15 is 0 Å². The third-order valence-corrected chi connectivity index (χ3v) is 7.01. The number of benzene rings is 1. The molecule has 1 saturated heterocycles. The third-order valence-electron chi connectivity index (χ3n) is 7.01. The van der Waals surface area contributed by atoms with Crippen molar-refractivity contribution in [1.82, 2.24) is 9.80 Å². The first-order chi connectivity index (χ1) is 13.1. The Labute approximate surface area is 162 Å². The summed E-state index contributed by atoms with van der Waals surface area (Å²) in [7, 11) is 0. The molecule has 1 amide bonds. The first-order valence-electron chi connectivity index (χ1n) is 10.8. The number of Topliss-reactive ketones (excluding diaryl/α,β-unsaturated/α-hetero) is 1. The normalized spacial score (nSPS) is 27.1. The molecule has 3 aliphatic rings. The molecule has 0 aromatic heterocycles. The highest BCUT2D eigenvalue weighted by atomic mass is 16.2. The molecule has 3 atom stereocenters. The summed E-state index contributed by atoms with van der Waals surface area (Å²) in [5.41, 5.74) is 2.01. The van der Waals surface area contributed by atoms with Gasteiger partial charge < -0.3 is 4.90 Å². The van der Waals surface area contributed by atoms with Gasteiger partial charge in [0, 0.05) is 49.6 Å². The molecule has 1 heterocycles. The van der Waals surface area contributed by atoms with Crippen LogP contribution in [0, 0.1) is 11.8 Å². The van der Waals surface area contributed by atoms with Crippen LogP contribution in [0.3, 0.4) is 0 Å². The van der Waals surface area contributed by atoms with E-state index in [1.807, 2.05) is 26.0 Å². The Balaban J connectivity index is 1.30. The van der Waals surface area contributed by atoms with Crippen molar-refractivity contribution in [3.8, 4) is 0 Å². The summed E-state index contributed by atoms with van der Waals surface area (Å²) < 4.78 is 0. The molecule has 146 valence electrons. The molecule has 3 fully saturated rings. The van der Waals surface area contributed by atoms with Crippen LogP contribution in [0.5, 0.6) is 0 Å². The zero-order valence-electron chi connectivity index (χ0n) is 16.7. The summed E-state index contributed by atoms with van der Waals surface area (Å²) >= 11 is 0. The lowest BCUT2D eigenvalue weighted by molar-refractivity contribution is -0.135. The summed E-state index contributed by atoms with van der Waals surface area (Å²) in [6, 6.07) is 8.79. The monoisotopic (exact) mass is 368 g/mol. The predicted octanol–water partition coefficient (Wildman–Crippen LogP) is 3.72. The molecule has 4 rings (SSSR count). The van der Waals surface area contributed by atoms with E-state index < -0.39 is 0 Å². The van der Waals surface area contributed by atoms with Crippen LogP contribution in [-0.2, 0) is 4.79 Å². The molecule has 3 unspecified atom stereocenters. The Morgan fingerprint density at radius 3 is 2.30 bits per heavy atom. The number of hydrogen-bond acceptors (Lipinski definition) is 3. The first-order valence-corrected chi connectivity index (χ1v) is 10.8. The number of hydrogen-bond donors (Lipinski definition) is 0. The van der Waals surface area contributed by atoms with Crippen molar-refractivity contribution in [2.24, 2.45) is 11.8 Å². The van der Waals surface area contributed by atoms with E-state index in [-0.39, 0.29) is 17.6 Å². The SMILES string of the molecule is CCC(C)C(=O)c1ccc(C2CC2C(=O)N2CCN(C3CCC3)CC2)cc1. The van der Waals surface area contributed by atoms with E-state index in [0.717, 1.165) is 50.6 Å². The molecule has 27 heavy (non-hydrogen) atoms. The molecule has 4 heteroatoms. The molecule has 0 spiro atoms. The number of piperazine rings is 1. The van der Waals surface area contributed by atoms with Crippen LogP contribution in [0.4, 0.5) is 0 Å². The second-order valence-electron chi connectivity index (χ2n) is 8.69. The molecule has 0 radical (unpaired) electrons. The maximum absolute atomic E-state index is 12.9. The van der Waals surface area contributed by atoms with E-state index in [0.29, 0.717) is 11.8 Å². The van der Waals surface area contributed by atoms with Crippen molar-refractivity contribution < 1.29 is 9.59 Å². The van der Waals surface area contributed by atoms with Crippen LogP contribution >= 0.6 is 0 Å². The van der Waals surface area contributed by atoms with E-state index in [4.69, 9.17) is 0 Å². The summed E-state index contributed by atoms with van der Waals surface area (Å²) in [6.45, 7) is 7.89. The molecule has 1 aromatic carbocycles. The van der Waals surface area contributed by atoms with Gasteiger partial charge in [0.25, 0.3) is 0 Å². The first kappa shape index (κ1) is 18.7. The van der Waals surface area contributed by atoms with Gasteiger partial charge in [-0.3, -0.25) is 14.5 Å². The van der Waals surface area contributed by atoms with Gasteiger partial charge in [0.1, 0.15) is 0 Å². The number of carbonyl (C=O) groups excluding carboxylic acids is 2. The van der Waals surface area contributed by atoms with Gasteiger partial charge >= 0.3 is 0 Å². The second kappa shape index (κ2) is 7.75. The van der Waals surface area contributed by atoms with Crippen LogP contribution in [-0.4, -0.2) is 53.7 Å². The number of ketones is 1. The quantitative estimate of drug-likeness (QED) is 0.719. The summed E-state index contributed by atoms with van der Waals surface area (Å²) in [5, 5.41) is 0. The van der Waals surface area contributed by atoms with E-state index in [1.165, 1.54) is 24.8 Å². The van der Waals surface area contributed by atoms with Crippen molar-refractivity contribution in [1.29, 1.82) is 0 Å². The summed E-state index contributed by atoms with van der Waals surface area (Å²) in [4.78, 5) is 29.8. The zero-order chi connectivity index (χ0) is 19.0. The molecule has 0 bridgehead atoms. The van der Waals surface area contributed by atoms with Gasteiger partial charge in [-0.05, 0) is 37.2 Å². The van der Waals surface area contributed by atoms with Crippen molar-refractivity contribution in [3.63, 3.8) is 0 Å². The minimum absolute atomic E-state index is 0.0738. The van der Waals surface area contributed by atoms with Gasteiger partial charge in [-0.2, -0.15) is 0 Å². The van der Waals surface area contributed by atoms with Crippen LogP contribution < -0.4 is 0 Å². The number of amides is 1. The van der Waals surface area contributed by atoms with E-state index in [1.54, 1.807) is 0 Å². The average Bonchev–Trinajstić information content (AvgIpc) is 3.46. The molecule has 2 aliphatic carbocycles. The molecule has 0 N–H and O–H groups in total. The van der Waals surface area contributed by atoms with Gasteiger partial charge in [-0.25, -0.2) is 0 Å². The highest BCUT2D eigenvalue weighted by molar-refractivity contribution is 5.97. The Bertz CT molecular complexity index is 687. The topological polar surface area (TPSA) is 40.6 Å². The molecule has 2 saturated carbocycles. The van der Waals surface area contributed by atoms with Crippen LogP contribution in [0.15, 0.2) is 24.3 Å². The van der Waals surface area contributed by atoms with E-state index in [2.05, 4.69) is 21.9 Å². The minimum atomic E-state index is 0.0738. The lowest BCUT2D eigenvalue weighted by Crippen LogP contribution is -2.53. The fraction of sp³-hybridized carbons (Fsp3) is 0.652. The molecule has 1 aromatic rings. The average molecular weight is 369 g/mol. The van der Waals surface area contributed by atoms with Crippen molar-refractivity contribution in [2.45, 2.75) is 57.9 Å². The van der Waals surface area contributed by atoms with Crippen molar-refractivity contribution >= 4 is 11.7 Å². The lowest BCUT2D eigenvalue weighted by Gasteiger charge is -2.43. The Kier molecular flexibility index (Phi) is 5.36. The van der Waals surface area contributed by atoms with Gasteiger partial charge in [0.05, 0.1) is 0 Å². The van der Waals surface area contributed by atoms with Crippen LogP contribution in [0.2, 0.25) is 0 Å². The maximum Gasteiger partial charge on any atom is 0.226 e.